The summed E-state index contributed by atoms with van der Waals surface area (Å²) in [5.74, 6) is 0.922. The highest BCUT2D eigenvalue weighted by Crippen LogP contribution is 2.18. The average Bonchev–Trinajstić information content (AvgIpc) is 2.72. The summed E-state index contributed by atoms with van der Waals surface area (Å²) in [4.78, 5) is 19.0. The molecule has 5 nitrogen and oxygen atoms in total. The molecule has 0 saturated carbocycles. The van der Waals surface area contributed by atoms with Crippen LogP contribution in [0.15, 0.2) is 59.6 Å². The fraction of sp³-hybridized carbons (Fsp3) is 0.364. The molecule has 2 aromatic rings. The summed E-state index contributed by atoms with van der Waals surface area (Å²) in [6.45, 7) is 5.75. The van der Waals surface area contributed by atoms with Crippen molar-refractivity contribution in [1.82, 2.24) is 15.5 Å². The summed E-state index contributed by atoms with van der Waals surface area (Å²) >= 11 is 0. The fourth-order valence-electron chi connectivity index (χ4n) is 3.25. The molecule has 1 aliphatic rings. The Kier molecular flexibility index (Phi) is 9.27. The van der Waals surface area contributed by atoms with Crippen LogP contribution in [-0.2, 0) is 24.3 Å². The molecule has 28 heavy (non-hydrogen) atoms. The summed E-state index contributed by atoms with van der Waals surface area (Å²) in [5.41, 5.74) is 3.88. The molecule has 2 aromatic carbocycles. The van der Waals surface area contributed by atoms with E-state index in [4.69, 9.17) is 0 Å². The highest BCUT2D eigenvalue weighted by Gasteiger charge is 2.18. The molecule has 1 amide bonds. The van der Waals surface area contributed by atoms with Crippen molar-refractivity contribution >= 4 is 35.8 Å². The lowest BCUT2D eigenvalue weighted by molar-refractivity contribution is -0.121. The number of halogens is 1. The lowest BCUT2D eigenvalue weighted by Gasteiger charge is -2.31. The smallest absolute Gasteiger partial charge is 0.222 e. The van der Waals surface area contributed by atoms with E-state index in [-0.39, 0.29) is 29.9 Å². The molecule has 0 bridgehead atoms. The quantitative estimate of drug-likeness (QED) is 0.370. The molecule has 1 aliphatic heterocycles. The van der Waals surface area contributed by atoms with Gasteiger partial charge < -0.3 is 15.5 Å². The van der Waals surface area contributed by atoms with Crippen LogP contribution < -0.4 is 10.6 Å². The second-order valence-corrected chi connectivity index (χ2v) is 6.69. The number of hydrogen-bond acceptors (Lipinski definition) is 2. The second kappa shape index (κ2) is 11.7. The van der Waals surface area contributed by atoms with E-state index in [1.165, 1.54) is 11.1 Å². The molecule has 1 heterocycles. The van der Waals surface area contributed by atoms with E-state index >= 15 is 0 Å². The van der Waals surface area contributed by atoms with E-state index in [2.05, 4.69) is 51.7 Å². The fourth-order valence-corrected chi connectivity index (χ4v) is 3.25. The number of hydrogen-bond donors (Lipinski definition) is 2. The molecule has 0 atom stereocenters. The van der Waals surface area contributed by atoms with Crippen LogP contribution in [0.2, 0.25) is 0 Å². The third-order valence-electron chi connectivity index (χ3n) is 4.70. The van der Waals surface area contributed by atoms with Crippen molar-refractivity contribution in [2.24, 2.45) is 4.99 Å². The molecule has 0 spiro atoms. The molecular weight excluding hydrogens is 463 g/mol. The number of nitrogens with zero attached hydrogens (tertiary/aromatic N) is 2. The van der Waals surface area contributed by atoms with Crippen molar-refractivity contribution in [2.75, 3.05) is 19.6 Å². The number of amides is 1. The van der Waals surface area contributed by atoms with Crippen molar-refractivity contribution in [2.45, 2.75) is 32.9 Å². The first-order valence-corrected chi connectivity index (χ1v) is 9.67. The van der Waals surface area contributed by atoms with E-state index in [0.717, 1.165) is 37.6 Å². The SMILES string of the molecule is CCNC(=NCCC(=O)NCc1ccccc1)N1CCc2ccccc2C1.I. The maximum Gasteiger partial charge on any atom is 0.222 e. The molecule has 0 radical (unpaired) electrons. The highest BCUT2D eigenvalue weighted by atomic mass is 127. The molecule has 0 saturated heterocycles. The van der Waals surface area contributed by atoms with Crippen LogP contribution in [0.4, 0.5) is 0 Å². The van der Waals surface area contributed by atoms with Gasteiger partial charge in [-0.2, -0.15) is 0 Å². The van der Waals surface area contributed by atoms with Gasteiger partial charge in [0, 0.05) is 32.6 Å². The first-order valence-electron chi connectivity index (χ1n) is 9.67. The van der Waals surface area contributed by atoms with E-state index in [0.29, 0.717) is 19.5 Å². The Hall–Kier alpha value is -2.09. The van der Waals surface area contributed by atoms with E-state index in [1.54, 1.807) is 0 Å². The number of aliphatic imine (C=N–C) groups is 1. The molecule has 0 aromatic heterocycles. The maximum absolute atomic E-state index is 12.1. The van der Waals surface area contributed by atoms with Crippen LogP contribution >= 0.6 is 24.0 Å². The first kappa shape index (κ1) is 22.2. The zero-order chi connectivity index (χ0) is 18.9. The van der Waals surface area contributed by atoms with Gasteiger partial charge in [-0.05, 0) is 30.0 Å². The van der Waals surface area contributed by atoms with E-state index in [9.17, 15) is 4.79 Å². The van der Waals surface area contributed by atoms with Gasteiger partial charge in [0.1, 0.15) is 0 Å². The Morgan fingerprint density at radius 1 is 1.04 bits per heavy atom. The van der Waals surface area contributed by atoms with Crippen molar-refractivity contribution in [3.63, 3.8) is 0 Å². The van der Waals surface area contributed by atoms with Gasteiger partial charge in [0.2, 0.25) is 5.91 Å². The molecule has 3 rings (SSSR count). The highest BCUT2D eigenvalue weighted by molar-refractivity contribution is 14.0. The molecular formula is C22H29IN4O. The number of nitrogens with one attached hydrogen (secondary N) is 2. The third-order valence-corrected chi connectivity index (χ3v) is 4.70. The normalized spacial score (nSPS) is 13.3. The number of carbonyl (C=O) groups excluding carboxylic acids is 1. The second-order valence-electron chi connectivity index (χ2n) is 6.69. The summed E-state index contributed by atoms with van der Waals surface area (Å²) in [5, 5.41) is 6.31. The number of guanidine groups is 1. The lowest BCUT2D eigenvalue weighted by Crippen LogP contribution is -2.44. The lowest BCUT2D eigenvalue weighted by atomic mass is 10.0. The Morgan fingerprint density at radius 3 is 2.50 bits per heavy atom. The van der Waals surface area contributed by atoms with Crippen molar-refractivity contribution in [3.8, 4) is 0 Å². The number of fused-ring (bicyclic) bond motifs is 1. The maximum atomic E-state index is 12.1. The van der Waals surface area contributed by atoms with Crippen LogP contribution in [0.3, 0.4) is 0 Å². The van der Waals surface area contributed by atoms with Crippen LogP contribution in [0.1, 0.15) is 30.0 Å². The number of benzene rings is 2. The van der Waals surface area contributed by atoms with Crippen LogP contribution in [0.5, 0.6) is 0 Å². The number of rotatable bonds is 6. The van der Waals surface area contributed by atoms with Gasteiger partial charge in [0.25, 0.3) is 0 Å². The van der Waals surface area contributed by atoms with Crippen molar-refractivity contribution < 1.29 is 4.79 Å². The van der Waals surface area contributed by atoms with Crippen molar-refractivity contribution in [3.05, 3.63) is 71.3 Å². The Balaban J connectivity index is 0.00000280. The summed E-state index contributed by atoms with van der Waals surface area (Å²) in [6, 6.07) is 18.5. The predicted molar refractivity (Wildman–Crippen MR) is 125 cm³/mol. The molecule has 0 unspecified atom stereocenters. The van der Waals surface area contributed by atoms with Gasteiger partial charge in [-0.25, -0.2) is 0 Å². The van der Waals surface area contributed by atoms with Gasteiger partial charge in [-0.3, -0.25) is 9.79 Å². The minimum absolute atomic E-state index is 0. The van der Waals surface area contributed by atoms with Crippen LogP contribution in [-0.4, -0.2) is 36.4 Å². The zero-order valence-electron chi connectivity index (χ0n) is 16.4. The zero-order valence-corrected chi connectivity index (χ0v) is 18.7. The van der Waals surface area contributed by atoms with E-state index < -0.39 is 0 Å². The Labute approximate surface area is 184 Å². The molecule has 0 fully saturated rings. The monoisotopic (exact) mass is 492 g/mol. The van der Waals surface area contributed by atoms with E-state index in [1.807, 2.05) is 30.3 Å². The average molecular weight is 492 g/mol. The Bertz CT molecular complexity index is 779. The summed E-state index contributed by atoms with van der Waals surface area (Å²) in [7, 11) is 0. The van der Waals surface area contributed by atoms with Gasteiger partial charge >= 0.3 is 0 Å². The third kappa shape index (κ3) is 6.51. The van der Waals surface area contributed by atoms with Gasteiger partial charge in [-0.1, -0.05) is 54.6 Å². The van der Waals surface area contributed by atoms with Gasteiger partial charge in [-0.15, -0.1) is 24.0 Å². The first-order chi connectivity index (χ1) is 13.3. The van der Waals surface area contributed by atoms with Gasteiger partial charge in [0.15, 0.2) is 5.96 Å². The number of carbonyl (C=O) groups is 1. The largest absolute Gasteiger partial charge is 0.357 e. The standard InChI is InChI=1S/C22H28N4O.HI/c1-2-23-22(26-15-13-19-10-6-7-11-20(19)17-26)24-14-12-21(27)25-16-18-8-4-3-5-9-18;/h3-11H,2,12-17H2,1H3,(H,23,24)(H,25,27);1H. The summed E-state index contributed by atoms with van der Waals surface area (Å²) < 4.78 is 0. The van der Waals surface area contributed by atoms with Gasteiger partial charge in [0.05, 0.1) is 6.54 Å². The van der Waals surface area contributed by atoms with Crippen LogP contribution in [0.25, 0.3) is 0 Å². The minimum Gasteiger partial charge on any atom is -0.357 e. The topological polar surface area (TPSA) is 56.7 Å². The molecule has 2 N–H and O–H groups in total. The van der Waals surface area contributed by atoms with Crippen molar-refractivity contribution in [1.29, 1.82) is 0 Å². The minimum atomic E-state index is 0. The molecule has 0 aliphatic carbocycles. The Morgan fingerprint density at radius 2 is 1.75 bits per heavy atom. The summed E-state index contributed by atoms with van der Waals surface area (Å²) in [6.07, 6.45) is 1.42. The molecule has 6 heteroatoms. The molecule has 150 valence electrons. The van der Waals surface area contributed by atoms with Crippen LogP contribution in [0, 0.1) is 0 Å². The predicted octanol–water partition coefficient (Wildman–Crippen LogP) is 3.33.